The van der Waals surface area contributed by atoms with E-state index in [9.17, 15) is 0 Å². The summed E-state index contributed by atoms with van der Waals surface area (Å²) in [6, 6.07) is 14.2. The molecule has 0 saturated carbocycles. The van der Waals surface area contributed by atoms with Gasteiger partial charge < -0.3 is 4.74 Å². The zero-order valence-electron chi connectivity index (χ0n) is 12.1. The normalized spacial score (nSPS) is 10.8. The summed E-state index contributed by atoms with van der Waals surface area (Å²) in [5.74, 6) is 1.90. The summed E-state index contributed by atoms with van der Waals surface area (Å²) < 4.78 is 6.05. The van der Waals surface area contributed by atoms with Crippen molar-refractivity contribution in [2.45, 2.75) is 19.7 Å². The minimum absolute atomic E-state index is 0.442. The minimum atomic E-state index is 0.442. The molecule has 0 aliphatic rings. The number of ether oxygens (including phenoxy) is 1. The van der Waals surface area contributed by atoms with Crippen LogP contribution in [0.3, 0.4) is 0 Å². The molecular formula is C18H16ClNO. The molecule has 0 aliphatic carbocycles. The van der Waals surface area contributed by atoms with Crippen LogP contribution >= 0.6 is 11.6 Å². The maximum atomic E-state index is 6.05. The van der Waals surface area contributed by atoms with Gasteiger partial charge in [0.05, 0.1) is 0 Å². The first-order chi connectivity index (χ1) is 10.2. The van der Waals surface area contributed by atoms with Gasteiger partial charge in [-0.1, -0.05) is 30.3 Å². The van der Waals surface area contributed by atoms with Gasteiger partial charge in [-0.15, -0.1) is 11.6 Å². The summed E-state index contributed by atoms with van der Waals surface area (Å²) in [5.41, 5.74) is 3.27. The lowest BCUT2D eigenvalue weighted by Crippen LogP contribution is -1.94. The highest BCUT2D eigenvalue weighted by atomic mass is 35.5. The van der Waals surface area contributed by atoms with E-state index in [1.165, 1.54) is 0 Å². The first-order valence-corrected chi connectivity index (χ1v) is 7.40. The van der Waals surface area contributed by atoms with E-state index in [1.54, 1.807) is 6.20 Å². The van der Waals surface area contributed by atoms with Crippen LogP contribution in [-0.4, -0.2) is 4.98 Å². The van der Waals surface area contributed by atoms with Crippen LogP contribution < -0.4 is 4.74 Å². The average Bonchev–Trinajstić information content (AvgIpc) is 2.51. The molecule has 0 N–H and O–H groups in total. The SMILES string of the molecule is Cc1ccc(C)c(Oc2ncc(CCl)c3ccccc23)c1. The molecule has 0 spiro atoms. The van der Waals surface area contributed by atoms with Crippen LogP contribution in [0, 0.1) is 13.8 Å². The predicted octanol–water partition coefficient (Wildman–Crippen LogP) is 5.38. The van der Waals surface area contributed by atoms with Gasteiger partial charge in [-0.2, -0.15) is 0 Å². The fraction of sp³-hybridized carbons (Fsp3) is 0.167. The zero-order chi connectivity index (χ0) is 14.8. The van der Waals surface area contributed by atoms with Crippen molar-refractivity contribution >= 4 is 22.4 Å². The molecule has 0 atom stereocenters. The van der Waals surface area contributed by atoms with Crippen LogP contribution in [-0.2, 0) is 5.88 Å². The van der Waals surface area contributed by atoms with Crippen LogP contribution in [0.5, 0.6) is 11.6 Å². The molecular weight excluding hydrogens is 282 g/mol. The first kappa shape index (κ1) is 13.9. The number of benzene rings is 2. The van der Waals surface area contributed by atoms with Gasteiger partial charge in [0.15, 0.2) is 0 Å². The van der Waals surface area contributed by atoms with E-state index in [2.05, 4.69) is 24.0 Å². The summed E-state index contributed by atoms with van der Waals surface area (Å²) in [4.78, 5) is 4.44. The Morgan fingerprint density at radius 3 is 2.57 bits per heavy atom. The minimum Gasteiger partial charge on any atom is -0.438 e. The van der Waals surface area contributed by atoms with Gasteiger partial charge in [0, 0.05) is 17.5 Å². The summed E-state index contributed by atoms with van der Waals surface area (Å²) in [7, 11) is 0. The van der Waals surface area contributed by atoms with Gasteiger partial charge in [0.2, 0.25) is 5.88 Å². The molecule has 106 valence electrons. The maximum absolute atomic E-state index is 6.05. The van der Waals surface area contributed by atoms with E-state index < -0.39 is 0 Å². The molecule has 0 saturated heterocycles. The Balaban J connectivity index is 2.11. The Labute approximate surface area is 129 Å². The summed E-state index contributed by atoms with van der Waals surface area (Å²) in [5, 5.41) is 2.07. The third kappa shape index (κ3) is 2.72. The average molecular weight is 298 g/mol. The van der Waals surface area contributed by atoms with E-state index in [4.69, 9.17) is 16.3 Å². The molecule has 3 aromatic rings. The van der Waals surface area contributed by atoms with Gasteiger partial charge in [-0.3, -0.25) is 0 Å². The van der Waals surface area contributed by atoms with Gasteiger partial charge >= 0.3 is 0 Å². The number of fused-ring (bicyclic) bond motifs is 1. The molecule has 1 heterocycles. The third-order valence-corrected chi connectivity index (χ3v) is 3.82. The van der Waals surface area contributed by atoms with Crippen molar-refractivity contribution < 1.29 is 4.74 Å². The molecule has 0 unspecified atom stereocenters. The van der Waals surface area contributed by atoms with Crippen molar-refractivity contribution in [3.8, 4) is 11.6 Å². The molecule has 0 bridgehead atoms. The lowest BCUT2D eigenvalue weighted by molar-refractivity contribution is 0.465. The molecule has 1 aromatic heterocycles. The monoisotopic (exact) mass is 297 g/mol. The Morgan fingerprint density at radius 1 is 1.05 bits per heavy atom. The highest BCUT2D eigenvalue weighted by Crippen LogP contribution is 2.32. The number of hydrogen-bond donors (Lipinski definition) is 0. The molecule has 0 radical (unpaired) electrons. The summed E-state index contributed by atoms with van der Waals surface area (Å²) in [6.45, 7) is 4.08. The van der Waals surface area contributed by atoms with Crippen molar-refractivity contribution in [2.24, 2.45) is 0 Å². The third-order valence-electron chi connectivity index (χ3n) is 3.54. The number of pyridine rings is 1. The standard InChI is InChI=1S/C18H16ClNO/c1-12-7-8-13(2)17(9-12)21-18-16-6-4-3-5-15(16)14(10-19)11-20-18/h3-9,11H,10H2,1-2H3. The lowest BCUT2D eigenvalue weighted by atomic mass is 10.1. The molecule has 21 heavy (non-hydrogen) atoms. The van der Waals surface area contributed by atoms with Gasteiger partial charge in [-0.05, 0) is 48.1 Å². The van der Waals surface area contributed by atoms with E-state index in [0.29, 0.717) is 11.8 Å². The van der Waals surface area contributed by atoms with Crippen molar-refractivity contribution in [1.29, 1.82) is 0 Å². The van der Waals surface area contributed by atoms with Crippen molar-refractivity contribution in [3.05, 3.63) is 65.4 Å². The van der Waals surface area contributed by atoms with E-state index in [-0.39, 0.29) is 0 Å². The largest absolute Gasteiger partial charge is 0.438 e. The molecule has 2 aromatic carbocycles. The fourth-order valence-corrected chi connectivity index (χ4v) is 2.55. The van der Waals surface area contributed by atoms with Gasteiger partial charge in [0.25, 0.3) is 0 Å². The Hall–Kier alpha value is -2.06. The van der Waals surface area contributed by atoms with E-state index >= 15 is 0 Å². The Morgan fingerprint density at radius 2 is 1.81 bits per heavy atom. The number of aryl methyl sites for hydroxylation is 2. The molecule has 0 amide bonds. The second-order valence-electron chi connectivity index (χ2n) is 5.14. The number of aromatic nitrogens is 1. The summed E-state index contributed by atoms with van der Waals surface area (Å²) >= 11 is 5.98. The Kier molecular flexibility index (Phi) is 3.80. The van der Waals surface area contributed by atoms with E-state index in [0.717, 1.165) is 33.2 Å². The smallest absolute Gasteiger partial charge is 0.227 e. The van der Waals surface area contributed by atoms with Gasteiger partial charge in [0.1, 0.15) is 5.75 Å². The number of rotatable bonds is 3. The molecule has 3 rings (SSSR count). The predicted molar refractivity (Wildman–Crippen MR) is 87.3 cm³/mol. The van der Waals surface area contributed by atoms with Crippen molar-refractivity contribution in [2.75, 3.05) is 0 Å². The first-order valence-electron chi connectivity index (χ1n) is 6.86. The van der Waals surface area contributed by atoms with Crippen LogP contribution in [0.4, 0.5) is 0 Å². The maximum Gasteiger partial charge on any atom is 0.227 e. The number of hydrogen-bond acceptors (Lipinski definition) is 2. The highest BCUT2D eigenvalue weighted by molar-refractivity contribution is 6.18. The number of alkyl halides is 1. The highest BCUT2D eigenvalue weighted by Gasteiger charge is 2.10. The topological polar surface area (TPSA) is 22.1 Å². The fourth-order valence-electron chi connectivity index (χ4n) is 2.33. The molecule has 0 aliphatic heterocycles. The van der Waals surface area contributed by atoms with Crippen LogP contribution in [0.2, 0.25) is 0 Å². The van der Waals surface area contributed by atoms with E-state index in [1.807, 2.05) is 37.3 Å². The molecule has 0 fully saturated rings. The number of halogens is 1. The quantitative estimate of drug-likeness (QED) is 0.605. The zero-order valence-corrected chi connectivity index (χ0v) is 12.8. The van der Waals surface area contributed by atoms with Crippen molar-refractivity contribution in [1.82, 2.24) is 4.98 Å². The second-order valence-corrected chi connectivity index (χ2v) is 5.41. The van der Waals surface area contributed by atoms with Crippen LogP contribution in [0.25, 0.3) is 10.8 Å². The second kappa shape index (κ2) is 5.74. The summed E-state index contributed by atoms with van der Waals surface area (Å²) in [6.07, 6.45) is 1.79. The van der Waals surface area contributed by atoms with Gasteiger partial charge in [-0.25, -0.2) is 4.98 Å². The number of nitrogens with zero attached hydrogens (tertiary/aromatic N) is 1. The van der Waals surface area contributed by atoms with Crippen molar-refractivity contribution in [3.63, 3.8) is 0 Å². The lowest BCUT2D eigenvalue weighted by Gasteiger charge is -2.12. The van der Waals surface area contributed by atoms with Crippen LogP contribution in [0.15, 0.2) is 48.7 Å². The molecule has 2 nitrogen and oxygen atoms in total. The van der Waals surface area contributed by atoms with Crippen LogP contribution in [0.1, 0.15) is 16.7 Å². The Bertz CT molecular complexity index is 798. The molecule has 3 heteroatoms.